The van der Waals surface area contributed by atoms with Gasteiger partial charge in [0.15, 0.2) is 0 Å². The molecule has 0 aliphatic carbocycles. The van der Waals surface area contributed by atoms with Crippen LogP contribution in [0.5, 0.6) is 0 Å². The van der Waals surface area contributed by atoms with Crippen molar-refractivity contribution in [1.82, 2.24) is 4.90 Å². The zero-order valence-electron chi connectivity index (χ0n) is 16.4. The Labute approximate surface area is 166 Å². The number of hydrogen-bond donors (Lipinski definition) is 0. The highest BCUT2D eigenvalue weighted by Crippen LogP contribution is 2.48. The Morgan fingerprint density at radius 2 is 1.85 bits per heavy atom. The van der Waals surface area contributed by atoms with Gasteiger partial charge in [-0.05, 0) is 63.8 Å². The lowest BCUT2D eigenvalue weighted by Gasteiger charge is -2.33. The average Bonchev–Trinajstić information content (AvgIpc) is 2.66. The largest absolute Gasteiger partial charge is 0.462 e. The third-order valence-corrected chi connectivity index (χ3v) is 5.69. The van der Waals surface area contributed by atoms with Gasteiger partial charge in [0.1, 0.15) is 0 Å². The summed E-state index contributed by atoms with van der Waals surface area (Å²) in [7, 11) is 4.20. The van der Waals surface area contributed by atoms with E-state index in [4.69, 9.17) is 4.74 Å². The predicted octanol–water partition coefficient (Wildman–Crippen LogP) is 5.20. The van der Waals surface area contributed by atoms with Crippen LogP contribution in [0.25, 0.3) is 0 Å². The van der Waals surface area contributed by atoms with E-state index in [0.717, 1.165) is 37.2 Å². The minimum atomic E-state index is -0.232. The number of unbranched alkanes of at least 4 members (excludes halogenated alkanes) is 1. The molecule has 0 radical (unpaired) electrons. The van der Waals surface area contributed by atoms with Gasteiger partial charge in [0.25, 0.3) is 0 Å². The first kappa shape index (κ1) is 19.8. The monoisotopic (exact) mass is 384 g/mol. The minimum Gasteiger partial charge on any atom is -0.462 e. The molecule has 0 amide bonds. The molecule has 0 atom stereocenters. The van der Waals surface area contributed by atoms with Gasteiger partial charge in [0.2, 0.25) is 0 Å². The number of hydrogen-bond acceptors (Lipinski definition) is 5. The van der Waals surface area contributed by atoms with Crippen LogP contribution in [0.1, 0.15) is 36.5 Å². The summed E-state index contributed by atoms with van der Waals surface area (Å²) in [5.74, 6) is -0.232. The Bertz CT molecular complexity index is 792. The van der Waals surface area contributed by atoms with Crippen molar-refractivity contribution in [2.45, 2.75) is 36.0 Å². The van der Waals surface area contributed by atoms with Gasteiger partial charge in [-0.2, -0.15) is 0 Å². The molecule has 0 unspecified atom stereocenters. The van der Waals surface area contributed by atoms with Crippen molar-refractivity contribution in [3.63, 3.8) is 0 Å². The summed E-state index contributed by atoms with van der Waals surface area (Å²) in [5, 5.41) is 0. The second-order valence-electron chi connectivity index (χ2n) is 7.05. The molecule has 3 rings (SSSR count). The maximum Gasteiger partial charge on any atom is 0.338 e. The summed E-state index contributed by atoms with van der Waals surface area (Å²) in [6.45, 7) is 4.57. The van der Waals surface area contributed by atoms with E-state index >= 15 is 0 Å². The summed E-state index contributed by atoms with van der Waals surface area (Å²) in [4.78, 5) is 19.3. The number of benzene rings is 2. The van der Waals surface area contributed by atoms with Crippen molar-refractivity contribution < 1.29 is 9.53 Å². The van der Waals surface area contributed by atoms with Crippen molar-refractivity contribution in [3.8, 4) is 0 Å². The SMILES string of the molecule is CCCCOC(=O)c1ccc2c(c1)Sc1ccccc1N2CCCN(C)C. The lowest BCUT2D eigenvalue weighted by atomic mass is 10.1. The highest BCUT2D eigenvalue weighted by atomic mass is 32.2. The van der Waals surface area contributed by atoms with Crippen molar-refractivity contribution in [1.29, 1.82) is 0 Å². The third kappa shape index (κ3) is 4.85. The number of carbonyl (C=O) groups excluding carboxylic acids is 1. The Hall–Kier alpha value is -1.98. The molecule has 0 saturated heterocycles. The zero-order valence-corrected chi connectivity index (χ0v) is 17.2. The molecule has 5 heteroatoms. The first-order chi connectivity index (χ1) is 13.1. The van der Waals surface area contributed by atoms with Crippen LogP contribution < -0.4 is 4.90 Å². The first-order valence-electron chi connectivity index (χ1n) is 9.60. The van der Waals surface area contributed by atoms with E-state index in [1.165, 1.54) is 16.3 Å². The second-order valence-corrected chi connectivity index (χ2v) is 8.13. The molecule has 144 valence electrons. The first-order valence-corrected chi connectivity index (χ1v) is 10.4. The van der Waals surface area contributed by atoms with Crippen LogP contribution in [0.3, 0.4) is 0 Å². The van der Waals surface area contributed by atoms with E-state index in [9.17, 15) is 4.79 Å². The molecule has 1 heterocycles. The van der Waals surface area contributed by atoms with Gasteiger partial charge in [0.05, 0.1) is 23.5 Å². The van der Waals surface area contributed by atoms with Crippen LogP contribution in [0, 0.1) is 0 Å². The standard InChI is InChI=1S/C22H28N2O2S/c1-4-5-15-26-22(25)17-11-12-19-21(16-17)27-20-10-7-6-9-18(20)24(19)14-8-13-23(2)3/h6-7,9-12,16H,4-5,8,13-15H2,1-3H3. The van der Waals surface area contributed by atoms with Crippen LogP contribution in [0.4, 0.5) is 11.4 Å². The maximum atomic E-state index is 12.3. The number of para-hydroxylation sites is 1. The van der Waals surface area contributed by atoms with Gasteiger partial charge >= 0.3 is 5.97 Å². The molecule has 0 fully saturated rings. The van der Waals surface area contributed by atoms with Gasteiger partial charge in [-0.1, -0.05) is 37.2 Å². The van der Waals surface area contributed by atoms with Gasteiger partial charge in [-0.25, -0.2) is 4.79 Å². The van der Waals surface area contributed by atoms with Crippen LogP contribution in [0.2, 0.25) is 0 Å². The van der Waals surface area contributed by atoms with Gasteiger partial charge in [-0.3, -0.25) is 0 Å². The molecule has 4 nitrogen and oxygen atoms in total. The summed E-state index contributed by atoms with van der Waals surface area (Å²) < 4.78 is 5.38. The molecule has 0 bridgehead atoms. The summed E-state index contributed by atoms with van der Waals surface area (Å²) in [5.41, 5.74) is 3.04. The highest BCUT2D eigenvalue weighted by molar-refractivity contribution is 7.99. The normalized spacial score (nSPS) is 12.7. The van der Waals surface area contributed by atoms with Gasteiger partial charge in [-0.15, -0.1) is 0 Å². The molecule has 0 aromatic heterocycles. The van der Waals surface area contributed by atoms with Crippen LogP contribution >= 0.6 is 11.8 Å². The van der Waals surface area contributed by atoms with Crippen molar-refractivity contribution in [2.24, 2.45) is 0 Å². The Morgan fingerprint density at radius 3 is 2.63 bits per heavy atom. The summed E-state index contributed by atoms with van der Waals surface area (Å²) in [6, 6.07) is 14.4. The average molecular weight is 385 g/mol. The molecule has 1 aliphatic rings. The molecular formula is C22H28N2O2S. The molecular weight excluding hydrogens is 356 g/mol. The maximum absolute atomic E-state index is 12.3. The second kappa shape index (κ2) is 9.29. The molecule has 2 aromatic rings. The van der Waals surface area contributed by atoms with Crippen molar-refractivity contribution in [3.05, 3.63) is 48.0 Å². The van der Waals surface area contributed by atoms with Crippen LogP contribution in [-0.2, 0) is 4.74 Å². The zero-order chi connectivity index (χ0) is 19.2. The minimum absolute atomic E-state index is 0.232. The molecule has 27 heavy (non-hydrogen) atoms. The molecule has 0 N–H and O–H groups in total. The fourth-order valence-electron chi connectivity index (χ4n) is 3.14. The van der Waals surface area contributed by atoms with E-state index in [-0.39, 0.29) is 5.97 Å². The third-order valence-electron chi connectivity index (χ3n) is 4.58. The van der Waals surface area contributed by atoms with Crippen molar-refractivity contribution in [2.75, 3.05) is 38.7 Å². The molecule has 0 saturated carbocycles. The smallest absolute Gasteiger partial charge is 0.338 e. The van der Waals surface area contributed by atoms with Gasteiger partial charge < -0.3 is 14.5 Å². The van der Waals surface area contributed by atoms with Crippen LogP contribution in [-0.4, -0.2) is 44.7 Å². The van der Waals surface area contributed by atoms with E-state index in [1.54, 1.807) is 11.8 Å². The van der Waals surface area contributed by atoms with Crippen molar-refractivity contribution >= 4 is 29.1 Å². The molecule has 0 spiro atoms. The van der Waals surface area contributed by atoms with E-state index < -0.39 is 0 Å². The molecule has 2 aromatic carbocycles. The fraction of sp³-hybridized carbons (Fsp3) is 0.409. The van der Waals surface area contributed by atoms with Crippen LogP contribution in [0.15, 0.2) is 52.3 Å². The molecule has 1 aliphatic heterocycles. The highest BCUT2D eigenvalue weighted by Gasteiger charge is 2.24. The van der Waals surface area contributed by atoms with E-state index in [1.807, 2.05) is 12.1 Å². The van der Waals surface area contributed by atoms with Gasteiger partial charge in [0, 0.05) is 16.3 Å². The number of ether oxygens (including phenoxy) is 1. The Kier molecular flexibility index (Phi) is 6.80. The number of anilines is 2. The topological polar surface area (TPSA) is 32.8 Å². The number of nitrogens with zero attached hydrogens (tertiary/aromatic N) is 2. The summed E-state index contributed by atoms with van der Waals surface area (Å²) in [6.07, 6.45) is 3.00. The Balaban J connectivity index is 1.84. The lowest BCUT2D eigenvalue weighted by molar-refractivity contribution is 0.0499. The number of carbonyl (C=O) groups is 1. The van der Waals surface area contributed by atoms with E-state index in [2.05, 4.69) is 61.2 Å². The number of fused-ring (bicyclic) bond motifs is 2. The predicted molar refractivity (Wildman–Crippen MR) is 112 cm³/mol. The summed E-state index contributed by atoms with van der Waals surface area (Å²) >= 11 is 1.73. The quantitative estimate of drug-likeness (QED) is 0.461. The number of esters is 1. The Morgan fingerprint density at radius 1 is 1.07 bits per heavy atom. The van der Waals surface area contributed by atoms with E-state index in [0.29, 0.717) is 12.2 Å². The number of rotatable bonds is 8. The lowest BCUT2D eigenvalue weighted by Crippen LogP contribution is -2.25. The fourth-order valence-corrected chi connectivity index (χ4v) is 4.27.